The monoisotopic (exact) mass is 326 g/mol. The Kier molecular flexibility index (Phi) is 7.52. The van der Waals surface area contributed by atoms with Crippen molar-refractivity contribution in [1.82, 2.24) is 10.2 Å². The van der Waals surface area contributed by atoms with Gasteiger partial charge in [0.25, 0.3) is 0 Å². The first-order chi connectivity index (χ1) is 10.7. The Bertz CT molecular complexity index is 409. The van der Waals surface area contributed by atoms with Gasteiger partial charge in [0.1, 0.15) is 0 Å². The summed E-state index contributed by atoms with van der Waals surface area (Å²) in [6.07, 6.45) is 3.36. The summed E-state index contributed by atoms with van der Waals surface area (Å²) >= 11 is 0. The molecule has 0 aliphatic carbocycles. The van der Waals surface area contributed by atoms with E-state index in [-0.39, 0.29) is 36.1 Å². The van der Waals surface area contributed by atoms with E-state index in [0.717, 1.165) is 32.2 Å². The van der Waals surface area contributed by atoms with Crippen LogP contribution < -0.4 is 5.32 Å². The normalized spacial score (nSPS) is 23.7. The molecule has 1 heterocycles. The van der Waals surface area contributed by atoms with Crippen molar-refractivity contribution < 1.29 is 14.7 Å². The zero-order chi connectivity index (χ0) is 17.6. The maximum absolute atomic E-state index is 12.4. The van der Waals surface area contributed by atoms with Gasteiger partial charge >= 0.3 is 0 Å². The molecular formula is C18H34N2O3. The fourth-order valence-corrected chi connectivity index (χ4v) is 2.90. The number of nitrogens with one attached hydrogen (secondary N) is 1. The number of amides is 2. The summed E-state index contributed by atoms with van der Waals surface area (Å²) in [6, 6.07) is 0. The van der Waals surface area contributed by atoms with Gasteiger partial charge < -0.3 is 15.3 Å². The van der Waals surface area contributed by atoms with Crippen LogP contribution in [-0.4, -0.2) is 47.1 Å². The third-order valence-corrected chi connectivity index (χ3v) is 5.43. The highest BCUT2D eigenvalue weighted by Gasteiger charge is 2.32. The van der Waals surface area contributed by atoms with E-state index in [1.807, 2.05) is 32.6 Å². The molecule has 2 amide bonds. The topological polar surface area (TPSA) is 69.6 Å². The summed E-state index contributed by atoms with van der Waals surface area (Å²) < 4.78 is 0. The molecular weight excluding hydrogens is 292 g/mol. The maximum atomic E-state index is 12.4. The minimum atomic E-state index is -0.898. The molecule has 1 saturated heterocycles. The number of nitrogens with zero attached hydrogens (tertiary/aromatic N) is 1. The highest BCUT2D eigenvalue weighted by Crippen LogP contribution is 2.21. The molecule has 5 heteroatoms. The molecule has 5 nitrogen and oxygen atoms in total. The number of hydrogen-bond acceptors (Lipinski definition) is 3. The molecule has 0 aromatic rings. The number of hydrogen-bond donors (Lipinski definition) is 2. The molecule has 0 radical (unpaired) electrons. The average Bonchev–Trinajstić information content (AvgIpc) is 2.57. The lowest BCUT2D eigenvalue weighted by molar-refractivity contribution is -0.139. The van der Waals surface area contributed by atoms with Gasteiger partial charge in [0.2, 0.25) is 11.8 Å². The average molecular weight is 326 g/mol. The molecule has 23 heavy (non-hydrogen) atoms. The predicted octanol–water partition coefficient (Wildman–Crippen LogP) is 2.18. The number of likely N-dealkylation sites (tertiary alicyclic amines) is 1. The first kappa shape index (κ1) is 19.9. The van der Waals surface area contributed by atoms with Crippen molar-refractivity contribution in [3.63, 3.8) is 0 Å². The smallest absolute Gasteiger partial charge is 0.225 e. The van der Waals surface area contributed by atoms with Crippen molar-refractivity contribution in [2.75, 3.05) is 19.6 Å². The van der Waals surface area contributed by atoms with E-state index >= 15 is 0 Å². The van der Waals surface area contributed by atoms with Gasteiger partial charge in [-0.1, -0.05) is 34.1 Å². The highest BCUT2D eigenvalue weighted by molar-refractivity contribution is 5.82. The number of piperidine rings is 1. The Balaban J connectivity index is 2.55. The molecule has 4 atom stereocenters. The molecule has 0 bridgehead atoms. The summed E-state index contributed by atoms with van der Waals surface area (Å²) in [5, 5.41) is 13.3. The van der Waals surface area contributed by atoms with Crippen molar-refractivity contribution >= 4 is 11.8 Å². The molecule has 0 saturated carbocycles. The summed E-state index contributed by atoms with van der Waals surface area (Å²) in [5.74, 6) is 0.0805. The first-order valence-electron chi connectivity index (χ1n) is 9.01. The molecule has 134 valence electrons. The van der Waals surface area contributed by atoms with E-state index in [9.17, 15) is 14.7 Å². The SMILES string of the molecule is CCC(C)C(=O)N1CCCC(C(=O)NCC(C)(O)C(C)CC)C1. The number of carbonyl (C=O) groups is 2. The fraction of sp³-hybridized carbons (Fsp3) is 0.889. The van der Waals surface area contributed by atoms with Crippen molar-refractivity contribution in [1.29, 1.82) is 0 Å². The quantitative estimate of drug-likeness (QED) is 0.753. The van der Waals surface area contributed by atoms with Crippen molar-refractivity contribution in [3.8, 4) is 0 Å². The van der Waals surface area contributed by atoms with E-state index in [1.54, 1.807) is 6.92 Å². The van der Waals surface area contributed by atoms with Gasteiger partial charge in [0.15, 0.2) is 0 Å². The molecule has 4 unspecified atom stereocenters. The van der Waals surface area contributed by atoms with Gasteiger partial charge in [-0.05, 0) is 32.1 Å². The lowest BCUT2D eigenvalue weighted by Gasteiger charge is -2.35. The molecule has 2 N–H and O–H groups in total. The molecule has 1 aliphatic rings. The van der Waals surface area contributed by atoms with Crippen LogP contribution in [0.4, 0.5) is 0 Å². The van der Waals surface area contributed by atoms with Crippen LogP contribution in [0.1, 0.15) is 60.3 Å². The van der Waals surface area contributed by atoms with Gasteiger partial charge in [0, 0.05) is 25.6 Å². The second kappa shape index (κ2) is 8.67. The van der Waals surface area contributed by atoms with E-state index in [1.165, 1.54) is 0 Å². The Morgan fingerprint density at radius 3 is 2.52 bits per heavy atom. The van der Waals surface area contributed by atoms with Gasteiger partial charge in [-0.25, -0.2) is 0 Å². The number of rotatable bonds is 7. The van der Waals surface area contributed by atoms with Gasteiger partial charge in [0.05, 0.1) is 11.5 Å². The second-order valence-corrected chi connectivity index (χ2v) is 7.32. The van der Waals surface area contributed by atoms with Crippen LogP contribution in [-0.2, 0) is 9.59 Å². The summed E-state index contributed by atoms with van der Waals surface area (Å²) in [5.41, 5.74) is -0.898. The van der Waals surface area contributed by atoms with Gasteiger partial charge in [-0.15, -0.1) is 0 Å². The van der Waals surface area contributed by atoms with Gasteiger partial charge in [-0.2, -0.15) is 0 Å². The van der Waals surface area contributed by atoms with E-state index in [0.29, 0.717) is 6.54 Å². The van der Waals surface area contributed by atoms with Crippen LogP contribution in [0.15, 0.2) is 0 Å². The Morgan fingerprint density at radius 1 is 1.30 bits per heavy atom. The largest absolute Gasteiger partial charge is 0.388 e. The molecule has 0 aromatic carbocycles. The first-order valence-corrected chi connectivity index (χ1v) is 9.01. The Labute approximate surface area is 140 Å². The highest BCUT2D eigenvalue weighted by atomic mass is 16.3. The zero-order valence-corrected chi connectivity index (χ0v) is 15.4. The molecule has 1 fully saturated rings. The summed E-state index contributed by atoms with van der Waals surface area (Å²) in [4.78, 5) is 26.5. The van der Waals surface area contributed by atoms with Crippen molar-refractivity contribution in [2.24, 2.45) is 17.8 Å². The van der Waals surface area contributed by atoms with Crippen LogP contribution in [0.5, 0.6) is 0 Å². The molecule has 1 aliphatic heterocycles. The van der Waals surface area contributed by atoms with Crippen LogP contribution >= 0.6 is 0 Å². The van der Waals surface area contributed by atoms with E-state index < -0.39 is 5.60 Å². The minimum absolute atomic E-state index is 0.0166. The Morgan fingerprint density at radius 2 is 1.96 bits per heavy atom. The standard InChI is InChI=1S/C18H34N2O3/c1-6-13(3)17(22)20-10-8-9-15(11-20)16(21)19-12-18(5,23)14(4)7-2/h13-15,23H,6-12H2,1-5H3,(H,19,21). The van der Waals surface area contributed by atoms with E-state index in [4.69, 9.17) is 0 Å². The van der Waals surface area contributed by atoms with Crippen LogP contribution in [0, 0.1) is 17.8 Å². The second-order valence-electron chi connectivity index (χ2n) is 7.32. The third kappa shape index (κ3) is 5.48. The molecule has 1 rings (SSSR count). The lowest BCUT2D eigenvalue weighted by Crippen LogP contribution is -2.50. The summed E-state index contributed by atoms with van der Waals surface area (Å²) in [7, 11) is 0. The van der Waals surface area contributed by atoms with Crippen molar-refractivity contribution in [3.05, 3.63) is 0 Å². The fourth-order valence-electron chi connectivity index (χ4n) is 2.90. The van der Waals surface area contributed by atoms with Crippen LogP contribution in [0.2, 0.25) is 0 Å². The van der Waals surface area contributed by atoms with Crippen LogP contribution in [0.3, 0.4) is 0 Å². The lowest BCUT2D eigenvalue weighted by atomic mass is 9.88. The zero-order valence-electron chi connectivity index (χ0n) is 15.4. The third-order valence-electron chi connectivity index (χ3n) is 5.43. The molecule has 0 spiro atoms. The van der Waals surface area contributed by atoms with Gasteiger partial charge in [-0.3, -0.25) is 9.59 Å². The van der Waals surface area contributed by atoms with Crippen LogP contribution in [0.25, 0.3) is 0 Å². The Hall–Kier alpha value is -1.10. The molecule has 0 aromatic heterocycles. The summed E-state index contributed by atoms with van der Waals surface area (Å²) in [6.45, 7) is 11.2. The number of carbonyl (C=O) groups excluding carboxylic acids is 2. The number of aliphatic hydroxyl groups is 1. The minimum Gasteiger partial charge on any atom is -0.388 e. The predicted molar refractivity (Wildman–Crippen MR) is 91.8 cm³/mol. The maximum Gasteiger partial charge on any atom is 0.225 e. The van der Waals surface area contributed by atoms with E-state index in [2.05, 4.69) is 5.32 Å². The van der Waals surface area contributed by atoms with Crippen molar-refractivity contribution in [2.45, 2.75) is 65.9 Å².